The molecule has 6 nitrogen and oxygen atoms in total. The van der Waals surface area contributed by atoms with Gasteiger partial charge in [0.1, 0.15) is 0 Å². The highest BCUT2D eigenvalue weighted by molar-refractivity contribution is 7.89. The molecule has 1 saturated heterocycles. The Morgan fingerprint density at radius 2 is 2.18 bits per heavy atom. The van der Waals surface area contributed by atoms with E-state index in [-0.39, 0.29) is 27.6 Å². The molecule has 8 heteroatoms. The van der Waals surface area contributed by atoms with Crippen molar-refractivity contribution in [1.29, 1.82) is 0 Å². The molecule has 2 rings (SSSR count). The van der Waals surface area contributed by atoms with Gasteiger partial charge >= 0.3 is 5.97 Å². The number of nitrogens with one attached hydrogen (secondary N) is 2. The average molecular weight is 347 g/mol. The highest BCUT2D eigenvalue weighted by Gasteiger charge is 2.25. The third-order valence-corrected chi connectivity index (χ3v) is 5.43. The lowest BCUT2D eigenvalue weighted by molar-refractivity contribution is 0.0601. The minimum absolute atomic E-state index is 0.0383. The Morgan fingerprint density at radius 1 is 1.45 bits per heavy atom. The Labute approximate surface area is 135 Å². The lowest BCUT2D eigenvalue weighted by atomic mass is 10.0. The van der Waals surface area contributed by atoms with Gasteiger partial charge in [0.15, 0.2) is 0 Å². The summed E-state index contributed by atoms with van der Waals surface area (Å²) in [5.41, 5.74) is 0.138. The van der Waals surface area contributed by atoms with E-state index < -0.39 is 16.0 Å². The molecule has 2 N–H and O–H groups in total. The molecule has 0 radical (unpaired) electrons. The maximum atomic E-state index is 12.4. The number of hydrogen-bond acceptors (Lipinski definition) is 5. The van der Waals surface area contributed by atoms with E-state index in [0.29, 0.717) is 0 Å². The summed E-state index contributed by atoms with van der Waals surface area (Å²) in [5, 5.41) is 3.32. The zero-order chi connectivity index (χ0) is 16.3. The topological polar surface area (TPSA) is 84.5 Å². The zero-order valence-corrected chi connectivity index (χ0v) is 14.0. The highest BCUT2D eigenvalue weighted by Crippen LogP contribution is 2.22. The van der Waals surface area contributed by atoms with Crippen LogP contribution in [0.2, 0.25) is 5.02 Å². The van der Waals surface area contributed by atoms with Crippen molar-refractivity contribution in [1.82, 2.24) is 10.0 Å². The number of piperidine rings is 1. The van der Waals surface area contributed by atoms with Crippen molar-refractivity contribution in [2.24, 2.45) is 0 Å². The van der Waals surface area contributed by atoms with E-state index in [1.807, 2.05) is 6.92 Å². The fourth-order valence-electron chi connectivity index (χ4n) is 2.46. The molecular weight excluding hydrogens is 328 g/mol. The van der Waals surface area contributed by atoms with Crippen LogP contribution >= 0.6 is 11.6 Å². The summed E-state index contributed by atoms with van der Waals surface area (Å²) < 4.78 is 32.1. The lowest BCUT2D eigenvalue weighted by Gasteiger charge is -2.28. The Bertz CT molecular complexity index is 663. The molecule has 0 saturated carbocycles. The predicted octanol–water partition coefficient (Wildman–Crippen LogP) is 1.55. The number of ether oxygens (including phenoxy) is 1. The Balaban J connectivity index is 2.19. The summed E-state index contributed by atoms with van der Waals surface area (Å²) in [6, 6.07) is 4.13. The van der Waals surface area contributed by atoms with E-state index in [9.17, 15) is 13.2 Å². The van der Waals surface area contributed by atoms with E-state index in [0.717, 1.165) is 19.4 Å². The largest absolute Gasteiger partial charge is 0.465 e. The summed E-state index contributed by atoms with van der Waals surface area (Å²) in [7, 11) is -2.43. The van der Waals surface area contributed by atoms with Crippen molar-refractivity contribution in [3.8, 4) is 0 Å². The molecule has 1 aliphatic rings. The number of carbonyl (C=O) groups is 1. The van der Waals surface area contributed by atoms with E-state index >= 15 is 0 Å². The van der Waals surface area contributed by atoms with Gasteiger partial charge in [0.2, 0.25) is 10.0 Å². The van der Waals surface area contributed by atoms with Gasteiger partial charge in [0.25, 0.3) is 0 Å². The number of hydrogen-bond donors (Lipinski definition) is 2. The first-order valence-electron chi connectivity index (χ1n) is 6.97. The van der Waals surface area contributed by atoms with Crippen molar-refractivity contribution < 1.29 is 17.9 Å². The Hall–Kier alpha value is -1.15. The van der Waals surface area contributed by atoms with Crippen molar-refractivity contribution >= 4 is 27.6 Å². The number of halogens is 1. The van der Waals surface area contributed by atoms with E-state index in [1.165, 1.54) is 25.3 Å². The molecular formula is C14H19ClN2O4S. The third kappa shape index (κ3) is 3.98. The normalized spacial score (nSPS) is 22.3. The van der Waals surface area contributed by atoms with Gasteiger partial charge < -0.3 is 10.1 Å². The fraction of sp³-hybridized carbons (Fsp3) is 0.500. The zero-order valence-electron chi connectivity index (χ0n) is 12.4. The smallest absolute Gasteiger partial charge is 0.339 e. The highest BCUT2D eigenvalue weighted by atomic mass is 35.5. The fourth-order valence-corrected chi connectivity index (χ4v) is 4.10. The van der Waals surface area contributed by atoms with Gasteiger partial charge in [-0.3, -0.25) is 0 Å². The molecule has 1 aliphatic heterocycles. The van der Waals surface area contributed by atoms with Crippen molar-refractivity contribution in [3.63, 3.8) is 0 Å². The van der Waals surface area contributed by atoms with Gasteiger partial charge in [0, 0.05) is 12.1 Å². The van der Waals surface area contributed by atoms with Crippen LogP contribution in [-0.2, 0) is 14.8 Å². The van der Waals surface area contributed by atoms with Gasteiger partial charge in [-0.25, -0.2) is 17.9 Å². The standard InChI is InChI=1S/C14H19ClN2O4S/c1-9-7-10(5-6-16-9)17-22(19,20)11-3-4-12(13(15)8-11)14(18)21-2/h3-4,8-10,16-17H,5-7H2,1-2H3. The summed E-state index contributed by atoms with van der Waals surface area (Å²) in [6.07, 6.45) is 1.46. The second kappa shape index (κ2) is 6.95. The van der Waals surface area contributed by atoms with Crippen molar-refractivity contribution in [2.45, 2.75) is 36.7 Å². The summed E-state index contributed by atoms with van der Waals surface area (Å²) in [4.78, 5) is 11.5. The van der Waals surface area contributed by atoms with Crippen molar-refractivity contribution in [2.75, 3.05) is 13.7 Å². The van der Waals surface area contributed by atoms with Crippen LogP contribution < -0.4 is 10.0 Å². The Morgan fingerprint density at radius 3 is 2.77 bits per heavy atom. The van der Waals surface area contributed by atoms with Crippen LogP contribution in [0.25, 0.3) is 0 Å². The molecule has 22 heavy (non-hydrogen) atoms. The second-order valence-corrected chi connectivity index (χ2v) is 7.45. The van der Waals surface area contributed by atoms with Crippen LogP contribution in [0, 0.1) is 0 Å². The van der Waals surface area contributed by atoms with Crippen LogP contribution in [0.3, 0.4) is 0 Å². The number of sulfonamides is 1. The number of benzene rings is 1. The van der Waals surface area contributed by atoms with Crippen LogP contribution in [0.4, 0.5) is 0 Å². The molecule has 122 valence electrons. The number of methoxy groups -OCH3 is 1. The van der Waals surface area contributed by atoms with Crippen LogP contribution in [-0.4, -0.2) is 40.1 Å². The molecule has 0 bridgehead atoms. The number of rotatable bonds is 4. The van der Waals surface area contributed by atoms with E-state index in [1.54, 1.807) is 0 Å². The minimum Gasteiger partial charge on any atom is -0.465 e. The molecule has 0 spiro atoms. The monoisotopic (exact) mass is 346 g/mol. The molecule has 0 amide bonds. The van der Waals surface area contributed by atoms with Gasteiger partial charge in [0.05, 0.1) is 22.6 Å². The molecule has 1 aromatic rings. The van der Waals surface area contributed by atoms with Gasteiger partial charge in [-0.05, 0) is 44.5 Å². The molecule has 2 unspecified atom stereocenters. The molecule has 1 heterocycles. The predicted molar refractivity (Wildman–Crippen MR) is 83.6 cm³/mol. The first kappa shape index (κ1) is 17.2. The second-order valence-electron chi connectivity index (χ2n) is 5.33. The number of carbonyl (C=O) groups excluding carboxylic acids is 1. The molecule has 0 aliphatic carbocycles. The van der Waals surface area contributed by atoms with Gasteiger partial charge in [-0.2, -0.15) is 0 Å². The first-order valence-corrected chi connectivity index (χ1v) is 8.83. The van der Waals surface area contributed by atoms with E-state index in [2.05, 4.69) is 14.8 Å². The Kier molecular flexibility index (Phi) is 5.44. The number of esters is 1. The summed E-state index contributed by atoms with van der Waals surface area (Å²) in [5.74, 6) is -0.603. The summed E-state index contributed by atoms with van der Waals surface area (Å²) in [6.45, 7) is 2.79. The quantitative estimate of drug-likeness (QED) is 0.808. The maximum Gasteiger partial charge on any atom is 0.339 e. The van der Waals surface area contributed by atoms with Crippen LogP contribution in [0.15, 0.2) is 23.1 Å². The third-order valence-electron chi connectivity index (χ3n) is 3.60. The van der Waals surface area contributed by atoms with Crippen molar-refractivity contribution in [3.05, 3.63) is 28.8 Å². The molecule has 1 fully saturated rings. The van der Waals surface area contributed by atoms with Crippen LogP contribution in [0.1, 0.15) is 30.1 Å². The average Bonchev–Trinajstić information content (AvgIpc) is 2.46. The molecule has 2 atom stereocenters. The minimum atomic E-state index is -3.67. The first-order chi connectivity index (χ1) is 10.3. The SMILES string of the molecule is COC(=O)c1ccc(S(=O)(=O)NC2CCNC(C)C2)cc1Cl. The molecule has 1 aromatic carbocycles. The lowest BCUT2D eigenvalue weighted by Crippen LogP contribution is -2.46. The summed E-state index contributed by atoms with van der Waals surface area (Å²) >= 11 is 5.97. The van der Waals surface area contributed by atoms with Gasteiger partial charge in [-0.15, -0.1) is 0 Å². The van der Waals surface area contributed by atoms with E-state index in [4.69, 9.17) is 11.6 Å². The van der Waals surface area contributed by atoms with Gasteiger partial charge in [-0.1, -0.05) is 11.6 Å². The van der Waals surface area contributed by atoms with Crippen LogP contribution in [0.5, 0.6) is 0 Å². The maximum absolute atomic E-state index is 12.4. The molecule has 0 aromatic heterocycles.